The van der Waals surface area contributed by atoms with Crippen LogP contribution in [0.25, 0.3) is 10.9 Å². The van der Waals surface area contributed by atoms with E-state index in [2.05, 4.69) is 53.0 Å². The lowest BCUT2D eigenvalue weighted by atomic mass is 9.93. The minimum absolute atomic E-state index is 0. The van der Waals surface area contributed by atoms with E-state index in [1.54, 1.807) is 0 Å². The molecule has 1 aromatic carbocycles. The van der Waals surface area contributed by atoms with Gasteiger partial charge in [-0.05, 0) is 50.7 Å². The SMILES string of the molecule is CCNC(=NCCc1c[nH]c2ccccc12)NC1CCC(O)CC1.I. The highest BCUT2D eigenvalue weighted by Gasteiger charge is 2.19. The summed E-state index contributed by atoms with van der Waals surface area (Å²) >= 11 is 0. The van der Waals surface area contributed by atoms with Crippen molar-refractivity contribution in [3.05, 3.63) is 36.0 Å². The van der Waals surface area contributed by atoms with Crippen LogP contribution in [0.2, 0.25) is 0 Å². The number of rotatable bonds is 5. The number of aliphatic imine (C=N–C) groups is 1. The highest BCUT2D eigenvalue weighted by Crippen LogP contribution is 2.19. The monoisotopic (exact) mass is 456 g/mol. The maximum absolute atomic E-state index is 9.62. The summed E-state index contributed by atoms with van der Waals surface area (Å²) in [6.45, 7) is 3.70. The van der Waals surface area contributed by atoms with E-state index in [1.165, 1.54) is 16.5 Å². The van der Waals surface area contributed by atoms with Crippen LogP contribution in [0.3, 0.4) is 0 Å². The highest BCUT2D eigenvalue weighted by molar-refractivity contribution is 14.0. The molecule has 3 rings (SSSR count). The molecule has 1 saturated carbocycles. The van der Waals surface area contributed by atoms with Gasteiger partial charge in [-0.1, -0.05) is 18.2 Å². The van der Waals surface area contributed by atoms with Gasteiger partial charge in [-0.15, -0.1) is 24.0 Å². The third-order valence-electron chi connectivity index (χ3n) is 4.71. The molecule has 0 spiro atoms. The molecule has 5 nitrogen and oxygen atoms in total. The molecule has 0 atom stereocenters. The van der Waals surface area contributed by atoms with Crippen molar-refractivity contribution in [3.63, 3.8) is 0 Å². The van der Waals surface area contributed by atoms with Crippen molar-refractivity contribution in [1.82, 2.24) is 15.6 Å². The second kappa shape index (κ2) is 10.0. The number of para-hydroxylation sites is 1. The molecule has 1 aliphatic rings. The van der Waals surface area contributed by atoms with Crippen molar-refractivity contribution >= 4 is 40.8 Å². The van der Waals surface area contributed by atoms with Gasteiger partial charge >= 0.3 is 0 Å². The average Bonchev–Trinajstić information content (AvgIpc) is 3.00. The topological polar surface area (TPSA) is 72.4 Å². The van der Waals surface area contributed by atoms with Crippen LogP contribution in [0, 0.1) is 0 Å². The van der Waals surface area contributed by atoms with E-state index in [1.807, 2.05) is 0 Å². The molecule has 4 N–H and O–H groups in total. The third kappa shape index (κ3) is 5.60. The molecule has 0 radical (unpaired) electrons. The van der Waals surface area contributed by atoms with E-state index in [4.69, 9.17) is 4.99 Å². The van der Waals surface area contributed by atoms with Crippen molar-refractivity contribution in [3.8, 4) is 0 Å². The summed E-state index contributed by atoms with van der Waals surface area (Å²) in [5, 5.41) is 17.7. The third-order valence-corrected chi connectivity index (χ3v) is 4.71. The fraction of sp³-hybridized carbons (Fsp3) is 0.526. The number of hydrogen-bond donors (Lipinski definition) is 4. The number of fused-ring (bicyclic) bond motifs is 1. The number of nitrogens with zero attached hydrogens (tertiary/aromatic N) is 1. The van der Waals surface area contributed by atoms with E-state index < -0.39 is 0 Å². The van der Waals surface area contributed by atoms with Gasteiger partial charge in [-0.3, -0.25) is 4.99 Å². The van der Waals surface area contributed by atoms with Gasteiger partial charge in [-0.2, -0.15) is 0 Å². The first-order chi connectivity index (χ1) is 11.8. The largest absolute Gasteiger partial charge is 0.393 e. The molecule has 6 heteroatoms. The van der Waals surface area contributed by atoms with Crippen LogP contribution >= 0.6 is 24.0 Å². The maximum atomic E-state index is 9.62. The molecular formula is C19H29IN4O. The second-order valence-corrected chi connectivity index (χ2v) is 6.52. The molecular weight excluding hydrogens is 427 g/mol. The molecule has 1 aromatic heterocycles. The van der Waals surface area contributed by atoms with Gasteiger partial charge < -0.3 is 20.7 Å². The summed E-state index contributed by atoms with van der Waals surface area (Å²) in [5.41, 5.74) is 2.49. The van der Waals surface area contributed by atoms with E-state index >= 15 is 0 Å². The van der Waals surface area contributed by atoms with Gasteiger partial charge in [-0.25, -0.2) is 0 Å². The standard InChI is InChI=1S/C19H28N4O.HI/c1-2-20-19(23-15-7-9-16(24)10-8-15)21-12-11-14-13-22-18-6-4-3-5-17(14)18;/h3-6,13,15-16,22,24H,2,7-12H2,1H3,(H2,20,21,23);1H. The van der Waals surface area contributed by atoms with E-state index in [0.717, 1.165) is 51.2 Å². The molecule has 0 saturated heterocycles. The first kappa shape index (κ1) is 20.0. The lowest BCUT2D eigenvalue weighted by Crippen LogP contribution is -2.45. The van der Waals surface area contributed by atoms with Crippen LogP contribution in [0.15, 0.2) is 35.5 Å². The summed E-state index contributed by atoms with van der Waals surface area (Å²) < 4.78 is 0. The van der Waals surface area contributed by atoms with E-state index in [-0.39, 0.29) is 30.1 Å². The summed E-state index contributed by atoms with van der Waals surface area (Å²) in [7, 11) is 0. The first-order valence-electron chi connectivity index (χ1n) is 9.04. The maximum Gasteiger partial charge on any atom is 0.191 e. The lowest BCUT2D eigenvalue weighted by molar-refractivity contribution is 0.120. The summed E-state index contributed by atoms with van der Waals surface area (Å²) in [5.74, 6) is 0.888. The van der Waals surface area contributed by atoms with Gasteiger partial charge in [0.2, 0.25) is 0 Å². The Balaban J connectivity index is 0.00000225. The van der Waals surface area contributed by atoms with Crippen LogP contribution in [0.5, 0.6) is 0 Å². The summed E-state index contributed by atoms with van der Waals surface area (Å²) in [6.07, 6.45) is 6.66. The zero-order chi connectivity index (χ0) is 16.8. The molecule has 25 heavy (non-hydrogen) atoms. The zero-order valence-corrected chi connectivity index (χ0v) is 17.1. The van der Waals surface area contributed by atoms with Crippen molar-refractivity contribution in [2.45, 2.75) is 51.2 Å². The molecule has 0 aliphatic heterocycles. The number of aromatic nitrogens is 1. The van der Waals surface area contributed by atoms with Crippen LogP contribution < -0.4 is 10.6 Å². The first-order valence-corrected chi connectivity index (χ1v) is 9.04. The van der Waals surface area contributed by atoms with Crippen molar-refractivity contribution in [2.24, 2.45) is 4.99 Å². The van der Waals surface area contributed by atoms with Crippen molar-refractivity contribution < 1.29 is 5.11 Å². The highest BCUT2D eigenvalue weighted by atomic mass is 127. The number of aromatic amines is 1. The number of nitrogens with one attached hydrogen (secondary N) is 3. The summed E-state index contributed by atoms with van der Waals surface area (Å²) in [4.78, 5) is 8.04. The van der Waals surface area contributed by atoms with Gasteiger partial charge in [0, 0.05) is 36.2 Å². The van der Waals surface area contributed by atoms with Crippen LogP contribution in [-0.2, 0) is 6.42 Å². The quantitative estimate of drug-likeness (QED) is 0.317. The fourth-order valence-electron chi connectivity index (χ4n) is 3.36. The lowest BCUT2D eigenvalue weighted by Gasteiger charge is -2.27. The molecule has 0 unspecified atom stereocenters. The predicted molar refractivity (Wildman–Crippen MR) is 115 cm³/mol. The molecule has 1 fully saturated rings. The van der Waals surface area contributed by atoms with E-state index in [0.29, 0.717) is 6.04 Å². The number of aliphatic hydroxyl groups is 1. The van der Waals surface area contributed by atoms with Crippen LogP contribution in [-0.4, -0.2) is 41.3 Å². The fourth-order valence-corrected chi connectivity index (χ4v) is 3.36. The van der Waals surface area contributed by atoms with Crippen molar-refractivity contribution in [1.29, 1.82) is 0 Å². The molecule has 0 amide bonds. The van der Waals surface area contributed by atoms with Crippen molar-refractivity contribution in [2.75, 3.05) is 13.1 Å². The van der Waals surface area contributed by atoms with E-state index in [9.17, 15) is 5.11 Å². The smallest absolute Gasteiger partial charge is 0.191 e. The van der Waals surface area contributed by atoms with Gasteiger partial charge in [0.1, 0.15) is 0 Å². The molecule has 1 aliphatic carbocycles. The minimum Gasteiger partial charge on any atom is -0.393 e. The second-order valence-electron chi connectivity index (χ2n) is 6.52. The number of benzene rings is 1. The van der Waals surface area contributed by atoms with Crippen LogP contribution in [0.1, 0.15) is 38.2 Å². The molecule has 138 valence electrons. The predicted octanol–water partition coefficient (Wildman–Crippen LogP) is 3.19. The van der Waals surface area contributed by atoms with Gasteiger partial charge in [0.25, 0.3) is 0 Å². The van der Waals surface area contributed by atoms with Gasteiger partial charge in [0.05, 0.1) is 6.10 Å². The van der Waals surface area contributed by atoms with Crippen LogP contribution in [0.4, 0.5) is 0 Å². The number of halogens is 1. The Morgan fingerprint density at radius 1 is 1.24 bits per heavy atom. The minimum atomic E-state index is -0.121. The summed E-state index contributed by atoms with van der Waals surface area (Å²) in [6, 6.07) is 8.80. The Morgan fingerprint density at radius 2 is 2.00 bits per heavy atom. The number of H-pyrrole nitrogens is 1. The Kier molecular flexibility index (Phi) is 8.02. The normalized spacial score (nSPS) is 21.0. The molecule has 0 bridgehead atoms. The Labute approximate surface area is 166 Å². The number of hydrogen-bond acceptors (Lipinski definition) is 2. The Hall–Kier alpha value is -1.28. The Morgan fingerprint density at radius 3 is 2.76 bits per heavy atom. The molecule has 1 heterocycles. The number of aliphatic hydroxyl groups excluding tert-OH is 1. The zero-order valence-electron chi connectivity index (χ0n) is 14.8. The number of guanidine groups is 1. The molecule has 2 aromatic rings. The average molecular weight is 456 g/mol. The Bertz CT molecular complexity index is 677. The van der Waals surface area contributed by atoms with Gasteiger partial charge in [0.15, 0.2) is 5.96 Å².